The summed E-state index contributed by atoms with van der Waals surface area (Å²) in [5.41, 5.74) is 0. The van der Waals surface area contributed by atoms with Crippen molar-refractivity contribution >= 4 is 0 Å². The van der Waals surface area contributed by atoms with Gasteiger partial charge in [0.05, 0.1) is 26.6 Å². The van der Waals surface area contributed by atoms with Gasteiger partial charge in [-0.1, -0.05) is 12.2 Å². The Morgan fingerprint density at radius 1 is 1.19 bits per heavy atom. The molecule has 90 valence electrons. The fourth-order valence-corrected chi connectivity index (χ4v) is 3.15. The molecule has 2 bridgehead atoms. The average molecular weight is 223 g/mol. The molecule has 3 heteroatoms. The smallest absolute Gasteiger partial charge is 0.0991 e. The topological polar surface area (TPSA) is 21.7 Å². The molecule has 0 aromatic rings. The number of hydrogen-bond donors (Lipinski definition) is 0. The molecule has 2 aliphatic carbocycles. The van der Waals surface area contributed by atoms with E-state index in [0.29, 0.717) is 0 Å². The van der Waals surface area contributed by atoms with E-state index in [1.165, 1.54) is 12.8 Å². The summed E-state index contributed by atoms with van der Waals surface area (Å²) in [5, 5.41) is 0. The third-order valence-electron chi connectivity index (χ3n) is 4.13. The summed E-state index contributed by atoms with van der Waals surface area (Å²) in [6.07, 6.45) is 7.52. The molecule has 0 N–H and O–H groups in total. The Hall–Kier alpha value is -0.380. The Bertz CT molecular complexity index is 261. The quantitative estimate of drug-likeness (QED) is 0.674. The Kier molecular flexibility index (Phi) is 3.27. The van der Waals surface area contributed by atoms with E-state index >= 15 is 0 Å². The monoisotopic (exact) mass is 223 g/mol. The zero-order valence-corrected chi connectivity index (χ0v) is 9.81. The molecule has 1 saturated carbocycles. The van der Waals surface area contributed by atoms with Gasteiger partial charge in [-0.2, -0.15) is 0 Å². The van der Waals surface area contributed by atoms with Crippen LogP contribution in [0.25, 0.3) is 0 Å². The van der Waals surface area contributed by atoms with E-state index in [1.807, 2.05) is 0 Å². The third-order valence-corrected chi connectivity index (χ3v) is 4.13. The summed E-state index contributed by atoms with van der Waals surface area (Å²) in [5.74, 6) is 2.47. The average Bonchev–Trinajstić information content (AvgIpc) is 2.92. The molecule has 2 fully saturated rings. The van der Waals surface area contributed by atoms with E-state index < -0.39 is 0 Å². The van der Waals surface area contributed by atoms with Gasteiger partial charge < -0.3 is 9.47 Å². The highest BCUT2D eigenvalue weighted by atomic mass is 16.5. The van der Waals surface area contributed by atoms with Crippen molar-refractivity contribution in [3.63, 3.8) is 0 Å². The predicted octanol–water partition coefficient (Wildman–Crippen LogP) is 1.50. The Labute approximate surface area is 97.4 Å². The normalized spacial score (nSPS) is 38.4. The van der Waals surface area contributed by atoms with Gasteiger partial charge in [-0.15, -0.1) is 0 Å². The zero-order valence-electron chi connectivity index (χ0n) is 9.81. The second kappa shape index (κ2) is 4.86. The van der Waals surface area contributed by atoms with Crippen LogP contribution in [0.2, 0.25) is 0 Å². The van der Waals surface area contributed by atoms with Crippen LogP contribution < -0.4 is 0 Å². The van der Waals surface area contributed by atoms with Gasteiger partial charge in [-0.05, 0) is 30.6 Å². The van der Waals surface area contributed by atoms with Crippen molar-refractivity contribution in [2.45, 2.75) is 12.8 Å². The first-order valence-electron chi connectivity index (χ1n) is 6.48. The lowest BCUT2D eigenvalue weighted by molar-refractivity contribution is -0.0424. The van der Waals surface area contributed by atoms with Gasteiger partial charge in [0.2, 0.25) is 0 Å². The molecule has 0 aromatic carbocycles. The van der Waals surface area contributed by atoms with E-state index in [2.05, 4.69) is 17.1 Å². The summed E-state index contributed by atoms with van der Waals surface area (Å²) in [6.45, 7) is 5.51. The SMILES string of the molecule is C1=CC2CC1CC2COCN1CCOCC1. The molecule has 1 saturated heterocycles. The largest absolute Gasteiger partial charge is 0.379 e. The van der Waals surface area contributed by atoms with Gasteiger partial charge in [-0.25, -0.2) is 0 Å². The van der Waals surface area contributed by atoms with Crippen LogP contribution in [-0.2, 0) is 9.47 Å². The van der Waals surface area contributed by atoms with Crippen LogP contribution in [0, 0.1) is 17.8 Å². The maximum Gasteiger partial charge on any atom is 0.0991 e. The standard InChI is InChI=1S/C13H21NO2/c1-2-12-7-11(1)8-13(12)9-16-10-14-3-5-15-6-4-14/h1-2,11-13H,3-10H2. The highest BCUT2D eigenvalue weighted by molar-refractivity contribution is 5.09. The Morgan fingerprint density at radius 2 is 2.06 bits per heavy atom. The summed E-state index contributed by atoms with van der Waals surface area (Å²) in [4.78, 5) is 2.34. The van der Waals surface area contributed by atoms with Crippen molar-refractivity contribution in [2.75, 3.05) is 39.6 Å². The number of fused-ring (bicyclic) bond motifs is 2. The molecule has 1 aliphatic heterocycles. The molecule has 3 atom stereocenters. The molecular formula is C13H21NO2. The molecule has 1 heterocycles. The first-order chi connectivity index (χ1) is 7.92. The molecule has 3 rings (SSSR count). The molecule has 3 unspecified atom stereocenters. The number of rotatable bonds is 4. The van der Waals surface area contributed by atoms with E-state index in [9.17, 15) is 0 Å². The van der Waals surface area contributed by atoms with Gasteiger partial charge in [0, 0.05) is 13.1 Å². The number of morpholine rings is 1. The lowest BCUT2D eigenvalue weighted by Gasteiger charge is -2.27. The van der Waals surface area contributed by atoms with E-state index in [1.54, 1.807) is 0 Å². The second-order valence-electron chi connectivity index (χ2n) is 5.27. The van der Waals surface area contributed by atoms with E-state index in [4.69, 9.17) is 9.47 Å². The molecule has 0 amide bonds. The van der Waals surface area contributed by atoms with Crippen LogP contribution in [0.3, 0.4) is 0 Å². The van der Waals surface area contributed by atoms with Gasteiger partial charge >= 0.3 is 0 Å². The fourth-order valence-electron chi connectivity index (χ4n) is 3.15. The zero-order chi connectivity index (χ0) is 10.8. The van der Waals surface area contributed by atoms with Crippen LogP contribution >= 0.6 is 0 Å². The lowest BCUT2D eigenvalue weighted by atomic mass is 9.95. The molecular weight excluding hydrogens is 202 g/mol. The van der Waals surface area contributed by atoms with Crippen molar-refractivity contribution in [3.05, 3.63) is 12.2 Å². The minimum atomic E-state index is 0.788. The molecule has 3 nitrogen and oxygen atoms in total. The minimum Gasteiger partial charge on any atom is -0.379 e. The highest BCUT2D eigenvalue weighted by Crippen LogP contribution is 2.43. The Morgan fingerprint density at radius 3 is 2.75 bits per heavy atom. The maximum absolute atomic E-state index is 5.85. The summed E-state index contributed by atoms with van der Waals surface area (Å²) in [6, 6.07) is 0. The van der Waals surface area contributed by atoms with E-state index in [0.717, 1.165) is 57.4 Å². The first-order valence-corrected chi connectivity index (χ1v) is 6.48. The predicted molar refractivity (Wildman–Crippen MR) is 62.1 cm³/mol. The fraction of sp³-hybridized carbons (Fsp3) is 0.846. The van der Waals surface area contributed by atoms with Gasteiger partial charge in [0.1, 0.15) is 0 Å². The van der Waals surface area contributed by atoms with Crippen LogP contribution in [-0.4, -0.2) is 44.5 Å². The summed E-state index contributed by atoms with van der Waals surface area (Å²) < 4.78 is 11.2. The van der Waals surface area contributed by atoms with Gasteiger partial charge in [0.15, 0.2) is 0 Å². The highest BCUT2D eigenvalue weighted by Gasteiger charge is 2.35. The molecule has 0 spiro atoms. The molecule has 0 radical (unpaired) electrons. The molecule has 0 aromatic heterocycles. The molecule has 3 aliphatic rings. The molecule has 16 heavy (non-hydrogen) atoms. The van der Waals surface area contributed by atoms with Crippen molar-refractivity contribution in [3.8, 4) is 0 Å². The van der Waals surface area contributed by atoms with Crippen LogP contribution in [0.15, 0.2) is 12.2 Å². The van der Waals surface area contributed by atoms with Crippen LogP contribution in [0.1, 0.15) is 12.8 Å². The minimum absolute atomic E-state index is 0.788. The van der Waals surface area contributed by atoms with Crippen molar-refractivity contribution in [1.29, 1.82) is 0 Å². The second-order valence-corrected chi connectivity index (χ2v) is 5.27. The lowest BCUT2D eigenvalue weighted by Crippen LogP contribution is -2.38. The third kappa shape index (κ3) is 2.31. The summed E-state index contributed by atoms with van der Waals surface area (Å²) >= 11 is 0. The number of hydrogen-bond acceptors (Lipinski definition) is 3. The Balaban J connectivity index is 1.36. The van der Waals surface area contributed by atoms with Gasteiger partial charge in [-0.3, -0.25) is 4.90 Å². The van der Waals surface area contributed by atoms with Crippen molar-refractivity contribution in [2.24, 2.45) is 17.8 Å². The first kappa shape index (κ1) is 10.8. The number of allylic oxidation sites excluding steroid dienone is 2. The maximum atomic E-state index is 5.85. The van der Waals surface area contributed by atoms with Crippen LogP contribution in [0.4, 0.5) is 0 Å². The van der Waals surface area contributed by atoms with Crippen LogP contribution in [0.5, 0.6) is 0 Å². The van der Waals surface area contributed by atoms with E-state index in [-0.39, 0.29) is 0 Å². The van der Waals surface area contributed by atoms with Crippen molar-refractivity contribution in [1.82, 2.24) is 4.90 Å². The number of ether oxygens (including phenoxy) is 2. The summed E-state index contributed by atoms with van der Waals surface area (Å²) in [7, 11) is 0. The van der Waals surface area contributed by atoms with Gasteiger partial charge in [0.25, 0.3) is 0 Å². The number of nitrogens with zero attached hydrogens (tertiary/aromatic N) is 1. The van der Waals surface area contributed by atoms with Crippen molar-refractivity contribution < 1.29 is 9.47 Å².